The van der Waals surface area contributed by atoms with Crippen molar-refractivity contribution in [2.45, 2.75) is 6.92 Å². The van der Waals surface area contributed by atoms with Crippen molar-refractivity contribution in [3.63, 3.8) is 0 Å². The Morgan fingerprint density at radius 1 is 1.50 bits per heavy atom. The summed E-state index contributed by atoms with van der Waals surface area (Å²) in [6.07, 6.45) is 4.83. The Hall–Kier alpha value is -0.391. The summed E-state index contributed by atoms with van der Waals surface area (Å²) >= 11 is 0. The van der Waals surface area contributed by atoms with E-state index in [2.05, 4.69) is 12.1 Å². The van der Waals surface area contributed by atoms with Crippen molar-refractivity contribution in [1.82, 2.24) is 0 Å². The first-order valence-electron chi connectivity index (χ1n) is 2.90. The Kier molecular flexibility index (Phi) is 5.19. The van der Waals surface area contributed by atoms with Gasteiger partial charge in [-0.2, -0.15) is 12.1 Å². The Bertz CT molecular complexity index is 189. The van der Waals surface area contributed by atoms with Crippen molar-refractivity contribution in [3.05, 3.63) is 42.0 Å². The van der Waals surface area contributed by atoms with E-state index in [4.69, 9.17) is 0 Å². The van der Waals surface area contributed by atoms with Gasteiger partial charge in [0.15, 0.2) is 0 Å². The van der Waals surface area contributed by atoms with Crippen molar-refractivity contribution >= 4 is 6.08 Å². The molecule has 1 aromatic rings. The zero-order valence-corrected chi connectivity index (χ0v) is 8.12. The molecule has 0 aromatic heterocycles. The third-order valence-corrected chi connectivity index (χ3v) is 1.03. The van der Waals surface area contributed by atoms with E-state index in [-0.39, 0.29) is 20.1 Å². The van der Waals surface area contributed by atoms with E-state index in [0.717, 1.165) is 5.56 Å². The third kappa shape index (κ3) is 2.95. The second kappa shape index (κ2) is 5.40. The maximum Gasteiger partial charge on any atom is 0 e. The molecular weight excluding hydrogens is 300 g/mol. The number of hydrogen-bond donors (Lipinski definition) is 0. The quantitative estimate of drug-likeness (QED) is 0.699. The molecule has 0 fully saturated rings. The Morgan fingerprint density at radius 3 is 2.80 bits per heavy atom. The summed E-state index contributed by atoms with van der Waals surface area (Å²) in [4.78, 5) is 0. The summed E-state index contributed by atoms with van der Waals surface area (Å²) in [7, 11) is 0. The molecule has 0 aliphatic carbocycles. The first-order chi connectivity index (χ1) is 4.43. The second-order valence-corrected chi connectivity index (χ2v) is 1.75. The van der Waals surface area contributed by atoms with Crippen molar-refractivity contribution in [3.8, 4) is 0 Å². The van der Waals surface area contributed by atoms with Gasteiger partial charge < -0.3 is 17.7 Å². The minimum Gasteiger partial charge on any atom is -0.330 e. The average Bonchev–Trinajstić information content (AvgIpc) is 1.91. The zero-order valence-electron chi connectivity index (χ0n) is 5.72. The van der Waals surface area contributed by atoms with E-state index < -0.39 is 0 Å². The topological polar surface area (TPSA) is 0 Å². The fourth-order valence-electron chi connectivity index (χ4n) is 0.653. The van der Waals surface area contributed by atoms with Crippen molar-refractivity contribution in [2.75, 3.05) is 0 Å². The molecule has 1 rings (SSSR count). The zero-order chi connectivity index (χ0) is 6.53. The minimum atomic E-state index is 0. The predicted octanol–water partition coefficient (Wildman–Crippen LogP) is 2.32. The molecule has 0 aliphatic rings. The summed E-state index contributed by atoms with van der Waals surface area (Å²) in [5, 5.41) is 0. The van der Waals surface area contributed by atoms with Gasteiger partial charge in [-0.05, 0) is 0 Å². The van der Waals surface area contributed by atoms with Crippen LogP contribution in [0.25, 0.3) is 6.08 Å². The summed E-state index contributed by atoms with van der Waals surface area (Å²) in [6.45, 7) is 1.88. The number of rotatable bonds is 1. The van der Waals surface area contributed by atoms with Crippen LogP contribution < -0.4 is 0 Å². The Morgan fingerprint density at radius 2 is 2.30 bits per heavy atom. The van der Waals surface area contributed by atoms with Gasteiger partial charge in [-0.1, -0.05) is 0 Å². The standard InChI is InChI=1S/C9H8.Ir/c1-2-6-9-7-4-3-5-8-9;/h3-7H,1H3;/q-2;. The molecule has 0 spiro atoms. The molecule has 0 N–H and O–H groups in total. The fourth-order valence-corrected chi connectivity index (χ4v) is 0.653. The van der Waals surface area contributed by atoms with Crippen molar-refractivity contribution < 1.29 is 20.1 Å². The summed E-state index contributed by atoms with van der Waals surface area (Å²) in [5.74, 6) is 0. The normalized spacial score (nSPS) is 9.30. The van der Waals surface area contributed by atoms with Crippen molar-refractivity contribution in [1.29, 1.82) is 0 Å². The largest absolute Gasteiger partial charge is 0.330 e. The van der Waals surface area contributed by atoms with Gasteiger partial charge in [0.2, 0.25) is 0 Å². The van der Waals surface area contributed by atoms with Crippen molar-refractivity contribution in [2.24, 2.45) is 0 Å². The van der Waals surface area contributed by atoms with Gasteiger partial charge in [0.1, 0.15) is 0 Å². The molecule has 0 bridgehead atoms. The van der Waals surface area contributed by atoms with Crippen LogP contribution in [0.4, 0.5) is 0 Å². The van der Waals surface area contributed by atoms with Gasteiger partial charge >= 0.3 is 0 Å². The van der Waals surface area contributed by atoms with Gasteiger partial charge in [0, 0.05) is 20.1 Å². The number of benzene rings is 1. The van der Waals surface area contributed by atoms with Crippen LogP contribution in [0.2, 0.25) is 0 Å². The molecule has 1 aromatic carbocycles. The van der Waals surface area contributed by atoms with E-state index >= 15 is 0 Å². The van der Waals surface area contributed by atoms with Crippen LogP contribution in [0.1, 0.15) is 12.5 Å². The van der Waals surface area contributed by atoms with Crippen LogP contribution in [-0.4, -0.2) is 0 Å². The Balaban J connectivity index is 0.000000810. The SMILES string of the molecule is C[C-]=Cc1[c-]cccc1.[Ir]. The van der Waals surface area contributed by atoms with E-state index in [9.17, 15) is 0 Å². The Labute approximate surface area is 75.3 Å². The molecule has 0 saturated heterocycles. The molecule has 1 radical (unpaired) electrons. The third-order valence-electron chi connectivity index (χ3n) is 1.03. The molecule has 55 valence electrons. The monoisotopic (exact) mass is 309 g/mol. The minimum absolute atomic E-state index is 0. The van der Waals surface area contributed by atoms with Crippen LogP contribution in [0.15, 0.2) is 24.3 Å². The van der Waals surface area contributed by atoms with Crippen LogP contribution in [-0.2, 0) is 20.1 Å². The smallest absolute Gasteiger partial charge is 0 e. The van der Waals surface area contributed by atoms with Gasteiger partial charge in [0.25, 0.3) is 0 Å². The van der Waals surface area contributed by atoms with Crippen LogP contribution in [0, 0.1) is 12.1 Å². The van der Waals surface area contributed by atoms with E-state index in [1.54, 1.807) is 0 Å². The molecule has 0 nitrogen and oxygen atoms in total. The van der Waals surface area contributed by atoms with Crippen LogP contribution in [0.3, 0.4) is 0 Å². The van der Waals surface area contributed by atoms with E-state index in [1.165, 1.54) is 0 Å². The molecule has 0 amide bonds. The van der Waals surface area contributed by atoms with Crippen LogP contribution in [0.5, 0.6) is 0 Å². The first-order valence-corrected chi connectivity index (χ1v) is 2.90. The predicted molar refractivity (Wildman–Crippen MR) is 38.7 cm³/mol. The van der Waals surface area contributed by atoms with E-state index in [1.807, 2.05) is 37.3 Å². The fraction of sp³-hybridized carbons (Fsp3) is 0.111. The summed E-state index contributed by atoms with van der Waals surface area (Å²) in [6, 6.07) is 10.9. The van der Waals surface area contributed by atoms with Gasteiger partial charge in [-0.3, -0.25) is 0 Å². The second-order valence-electron chi connectivity index (χ2n) is 1.75. The molecule has 0 unspecified atom stereocenters. The summed E-state index contributed by atoms with van der Waals surface area (Å²) in [5.41, 5.74) is 1.08. The van der Waals surface area contributed by atoms with Gasteiger partial charge in [0.05, 0.1) is 0 Å². The molecular formula is C9H8Ir-2. The first kappa shape index (κ1) is 9.61. The maximum atomic E-state index is 3.05. The molecule has 0 atom stereocenters. The van der Waals surface area contributed by atoms with Crippen LogP contribution >= 0.6 is 0 Å². The van der Waals surface area contributed by atoms with Gasteiger partial charge in [-0.15, -0.1) is 13.0 Å². The average molecular weight is 308 g/mol. The number of hydrogen-bond acceptors (Lipinski definition) is 0. The van der Waals surface area contributed by atoms with Gasteiger partial charge in [-0.25, -0.2) is 12.1 Å². The maximum absolute atomic E-state index is 3.05. The van der Waals surface area contributed by atoms with E-state index in [0.29, 0.717) is 0 Å². The summed E-state index contributed by atoms with van der Waals surface area (Å²) < 4.78 is 0. The molecule has 0 aliphatic heterocycles. The molecule has 0 heterocycles. The molecule has 1 heteroatoms. The molecule has 10 heavy (non-hydrogen) atoms. The number of allylic oxidation sites excluding steroid dienone is 1. The molecule has 0 saturated carbocycles.